The van der Waals surface area contributed by atoms with Crippen molar-refractivity contribution in [1.82, 2.24) is 0 Å². The number of alkyl halides is 4. The van der Waals surface area contributed by atoms with Crippen LogP contribution < -0.4 is 0 Å². The third-order valence-corrected chi connectivity index (χ3v) is 1.72. The molecule has 6 heteroatoms. The quantitative estimate of drug-likeness (QED) is 0.462. The summed E-state index contributed by atoms with van der Waals surface area (Å²) in [5.41, 5.74) is -1.76. The average Bonchev–Trinajstić information content (AvgIpc) is 2.11. The van der Waals surface area contributed by atoms with Gasteiger partial charge in [0.25, 0.3) is 0 Å². The summed E-state index contributed by atoms with van der Waals surface area (Å²) >= 11 is 0. The van der Waals surface area contributed by atoms with Crippen molar-refractivity contribution in [2.75, 3.05) is 0 Å². The first-order valence-electron chi connectivity index (χ1n) is 4.63. The van der Waals surface area contributed by atoms with Crippen molar-refractivity contribution in [3.05, 3.63) is 36.0 Å². The van der Waals surface area contributed by atoms with Crippen LogP contribution in [0.2, 0.25) is 0 Å². The van der Waals surface area contributed by atoms with Crippen molar-refractivity contribution in [2.24, 2.45) is 0 Å². The standard InChI is InChI=1S/C11H12F4O2/c1-3-4-9(12)8(11(13,14)15)5-7(2)6-10(16)17/h3-5,9H,2,6H2,1H3,(H,16,17)/b4-3?,8-5+. The van der Waals surface area contributed by atoms with Crippen LogP contribution in [0.5, 0.6) is 0 Å². The molecule has 0 saturated carbocycles. The van der Waals surface area contributed by atoms with Gasteiger partial charge >= 0.3 is 12.1 Å². The van der Waals surface area contributed by atoms with Crippen LogP contribution in [0.3, 0.4) is 0 Å². The monoisotopic (exact) mass is 252 g/mol. The Morgan fingerprint density at radius 2 is 2.00 bits per heavy atom. The molecule has 0 bridgehead atoms. The summed E-state index contributed by atoms with van der Waals surface area (Å²) in [4.78, 5) is 10.3. The van der Waals surface area contributed by atoms with Crippen molar-refractivity contribution in [1.29, 1.82) is 0 Å². The van der Waals surface area contributed by atoms with E-state index < -0.39 is 30.3 Å². The van der Waals surface area contributed by atoms with Crippen LogP contribution in [0.25, 0.3) is 0 Å². The third-order valence-electron chi connectivity index (χ3n) is 1.72. The van der Waals surface area contributed by atoms with Crippen LogP contribution in [0.1, 0.15) is 13.3 Å². The van der Waals surface area contributed by atoms with E-state index in [1.54, 1.807) is 0 Å². The summed E-state index contributed by atoms with van der Waals surface area (Å²) in [6.07, 6.45) is -5.55. The molecule has 17 heavy (non-hydrogen) atoms. The zero-order chi connectivity index (χ0) is 13.6. The minimum absolute atomic E-state index is 0.308. The summed E-state index contributed by atoms with van der Waals surface area (Å²) in [6.45, 7) is 4.52. The molecule has 0 fully saturated rings. The largest absolute Gasteiger partial charge is 0.481 e. The van der Waals surface area contributed by atoms with E-state index in [4.69, 9.17) is 5.11 Å². The topological polar surface area (TPSA) is 37.3 Å². The molecular weight excluding hydrogens is 240 g/mol. The molecule has 0 spiro atoms. The highest BCUT2D eigenvalue weighted by atomic mass is 19.4. The van der Waals surface area contributed by atoms with Gasteiger partial charge in [-0.2, -0.15) is 13.2 Å². The second-order valence-corrected chi connectivity index (χ2v) is 3.25. The fraction of sp³-hybridized carbons (Fsp3) is 0.364. The van der Waals surface area contributed by atoms with Crippen molar-refractivity contribution in [3.8, 4) is 0 Å². The lowest BCUT2D eigenvalue weighted by atomic mass is 10.1. The van der Waals surface area contributed by atoms with Gasteiger partial charge in [0, 0.05) is 0 Å². The zero-order valence-electron chi connectivity index (χ0n) is 9.09. The molecule has 0 aliphatic rings. The first kappa shape index (κ1) is 15.4. The van der Waals surface area contributed by atoms with Gasteiger partial charge in [-0.3, -0.25) is 4.79 Å². The van der Waals surface area contributed by atoms with Gasteiger partial charge < -0.3 is 5.11 Å². The maximum absolute atomic E-state index is 13.2. The fourth-order valence-electron chi connectivity index (χ4n) is 1.06. The molecule has 1 unspecified atom stereocenters. The number of carboxylic acid groups (broad SMARTS) is 1. The van der Waals surface area contributed by atoms with E-state index >= 15 is 0 Å². The molecule has 0 rings (SSSR count). The summed E-state index contributed by atoms with van der Waals surface area (Å²) in [5.74, 6) is -1.32. The van der Waals surface area contributed by atoms with Crippen molar-refractivity contribution >= 4 is 5.97 Å². The van der Waals surface area contributed by atoms with Gasteiger partial charge in [-0.05, 0) is 18.6 Å². The van der Waals surface area contributed by atoms with E-state index in [-0.39, 0.29) is 5.57 Å². The van der Waals surface area contributed by atoms with Crippen molar-refractivity contribution < 1.29 is 27.5 Å². The van der Waals surface area contributed by atoms with E-state index in [0.29, 0.717) is 6.08 Å². The molecule has 0 aromatic rings. The molecule has 0 saturated heterocycles. The van der Waals surface area contributed by atoms with Gasteiger partial charge in [0.15, 0.2) is 0 Å². The predicted molar refractivity (Wildman–Crippen MR) is 55.2 cm³/mol. The molecule has 0 amide bonds. The molecule has 1 N–H and O–H groups in total. The molecule has 0 aliphatic carbocycles. The molecule has 0 aromatic carbocycles. The SMILES string of the molecule is C=C(/C=C(\C(F)C=CC)C(F)(F)F)CC(=O)O. The summed E-state index contributed by atoms with van der Waals surface area (Å²) in [6, 6.07) is 0. The van der Waals surface area contributed by atoms with Crippen LogP contribution in [-0.4, -0.2) is 23.4 Å². The number of hydrogen-bond donors (Lipinski definition) is 1. The van der Waals surface area contributed by atoms with Crippen LogP contribution in [0, 0.1) is 0 Å². The normalized spacial score (nSPS) is 15.0. The van der Waals surface area contributed by atoms with Crippen LogP contribution >= 0.6 is 0 Å². The first-order valence-corrected chi connectivity index (χ1v) is 4.63. The number of halogens is 4. The Labute approximate surface area is 95.9 Å². The van der Waals surface area contributed by atoms with Gasteiger partial charge in [0.05, 0.1) is 12.0 Å². The Bertz CT molecular complexity index is 353. The molecular formula is C11H12F4O2. The smallest absolute Gasteiger partial charge is 0.415 e. The van der Waals surface area contributed by atoms with Crippen LogP contribution in [-0.2, 0) is 4.79 Å². The Balaban J connectivity index is 5.12. The summed E-state index contributed by atoms with van der Waals surface area (Å²) < 4.78 is 50.6. The zero-order valence-corrected chi connectivity index (χ0v) is 9.09. The Morgan fingerprint density at radius 1 is 1.47 bits per heavy atom. The maximum atomic E-state index is 13.2. The number of allylic oxidation sites excluding steroid dienone is 4. The van der Waals surface area contributed by atoms with Gasteiger partial charge in [-0.15, -0.1) is 0 Å². The molecule has 0 radical (unpaired) electrons. The van der Waals surface area contributed by atoms with Gasteiger partial charge in [-0.25, -0.2) is 4.39 Å². The summed E-state index contributed by atoms with van der Waals surface area (Å²) in [5, 5.41) is 8.36. The second kappa shape index (κ2) is 6.22. The highest BCUT2D eigenvalue weighted by Gasteiger charge is 2.38. The predicted octanol–water partition coefficient (Wildman–Crippen LogP) is 3.42. The lowest BCUT2D eigenvalue weighted by Crippen LogP contribution is -2.20. The minimum Gasteiger partial charge on any atom is -0.481 e. The van der Waals surface area contributed by atoms with E-state index in [9.17, 15) is 22.4 Å². The highest BCUT2D eigenvalue weighted by Crippen LogP contribution is 2.31. The molecule has 0 heterocycles. The molecule has 2 nitrogen and oxygen atoms in total. The van der Waals surface area contributed by atoms with Crippen LogP contribution in [0.4, 0.5) is 17.6 Å². The number of rotatable bonds is 5. The van der Waals surface area contributed by atoms with E-state index in [1.165, 1.54) is 6.92 Å². The van der Waals surface area contributed by atoms with Crippen molar-refractivity contribution in [2.45, 2.75) is 25.7 Å². The van der Waals surface area contributed by atoms with Crippen molar-refractivity contribution in [3.63, 3.8) is 0 Å². The van der Waals surface area contributed by atoms with E-state index in [1.807, 2.05) is 0 Å². The summed E-state index contributed by atoms with van der Waals surface area (Å²) in [7, 11) is 0. The Morgan fingerprint density at radius 3 is 2.35 bits per heavy atom. The Hall–Kier alpha value is -1.59. The average molecular weight is 252 g/mol. The fourth-order valence-corrected chi connectivity index (χ4v) is 1.06. The molecule has 0 aliphatic heterocycles. The molecule has 96 valence electrons. The van der Waals surface area contributed by atoms with Gasteiger partial charge in [-0.1, -0.05) is 18.7 Å². The lowest BCUT2D eigenvalue weighted by Gasteiger charge is -2.13. The third kappa shape index (κ3) is 5.89. The number of carbonyl (C=O) groups is 1. The highest BCUT2D eigenvalue weighted by molar-refractivity contribution is 5.70. The Kier molecular flexibility index (Phi) is 5.64. The number of carboxylic acids is 1. The van der Waals surface area contributed by atoms with E-state index in [0.717, 1.165) is 12.2 Å². The number of hydrogen-bond acceptors (Lipinski definition) is 1. The molecule has 0 aromatic heterocycles. The lowest BCUT2D eigenvalue weighted by molar-refractivity contribution is -0.136. The number of aliphatic carboxylic acids is 1. The van der Waals surface area contributed by atoms with Gasteiger partial charge in [0.2, 0.25) is 0 Å². The second-order valence-electron chi connectivity index (χ2n) is 3.25. The van der Waals surface area contributed by atoms with Gasteiger partial charge in [0.1, 0.15) is 6.17 Å². The van der Waals surface area contributed by atoms with Crippen LogP contribution in [0.15, 0.2) is 36.0 Å². The minimum atomic E-state index is -4.86. The van der Waals surface area contributed by atoms with E-state index in [2.05, 4.69) is 6.58 Å². The first-order chi connectivity index (χ1) is 7.68. The maximum Gasteiger partial charge on any atom is 0.415 e. The molecule has 1 atom stereocenters.